The van der Waals surface area contributed by atoms with Crippen molar-refractivity contribution < 1.29 is 0 Å². The third-order valence-electron chi connectivity index (χ3n) is 2.65. The van der Waals surface area contributed by atoms with E-state index >= 15 is 0 Å². The van der Waals surface area contributed by atoms with Gasteiger partial charge in [0.15, 0.2) is 5.15 Å². The maximum Gasteiger partial charge on any atom is 0.154 e. The number of hydrogen-bond acceptors (Lipinski definition) is 3. The van der Waals surface area contributed by atoms with Gasteiger partial charge in [-0.05, 0) is 29.0 Å². The van der Waals surface area contributed by atoms with Crippen LogP contribution in [0.3, 0.4) is 0 Å². The predicted octanol–water partition coefficient (Wildman–Crippen LogP) is 4.84. The van der Waals surface area contributed by atoms with E-state index in [0.29, 0.717) is 10.4 Å². The molecule has 1 aromatic rings. The van der Waals surface area contributed by atoms with Gasteiger partial charge in [-0.3, -0.25) is 0 Å². The normalized spacial score (nSPS) is 17.1. The van der Waals surface area contributed by atoms with Gasteiger partial charge in [0.05, 0.1) is 0 Å². The van der Waals surface area contributed by atoms with Crippen LogP contribution in [0.5, 0.6) is 0 Å². The van der Waals surface area contributed by atoms with Crippen molar-refractivity contribution in [3.8, 4) is 0 Å². The molecule has 19 heavy (non-hydrogen) atoms. The molecule has 0 radical (unpaired) electrons. The van der Waals surface area contributed by atoms with E-state index in [1.807, 2.05) is 23.9 Å². The Kier molecular flexibility index (Phi) is 5.23. The fourth-order valence-electron chi connectivity index (χ4n) is 1.64. The molecule has 1 aromatic heterocycles. The third-order valence-corrected chi connectivity index (χ3v) is 4.11. The topological polar surface area (TPSA) is 25.2 Å². The van der Waals surface area contributed by atoms with Crippen LogP contribution in [0.25, 0.3) is 0 Å². The Morgan fingerprint density at radius 3 is 2.89 bits per heavy atom. The first kappa shape index (κ1) is 14.4. The molecule has 0 bridgehead atoms. The summed E-state index contributed by atoms with van der Waals surface area (Å²) >= 11 is 7.95. The highest BCUT2D eigenvalue weighted by atomic mass is 35.5. The lowest BCUT2D eigenvalue weighted by molar-refractivity contribution is 1.11. The molecular formula is C15H17ClN2S. The molecule has 0 fully saturated rings. The minimum Gasteiger partial charge on any atom is -0.250 e. The Morgan fingerprint density at radius 2 is 2.26 bits per heavy atom. The van der Waals surface area contributed by atoms with E-state index in [-0.39, 0.29) is 0 Å². The number of nitrogens with zero attached hydrogens (tertiary/aromatic N) is 2. The molecule has 100 valence electrons. The van der Waals surface area contributed by atoms with Gasteiger partial charge < -0.3 is 0 Å². The smallest absolute Gasteiger partial charge is 0.154 e. The van der Waals surface area contributed by atoms with E-state index in [1.165, 1.54) is 5.57 Å². The molecular weight excluding hydrogens is 276 g/mol. The Hall–Kier alpha value is -1.06. The summed E-state index contributed by atoms with van der Waals surface area (Å²) in [4.78, 5) is 8.56. The third kappa shape index (κ3) is 4.51. The van der Waals surface area contributed by atoms with Crippen molar-refractivity contribution in [2.75, 3.05) is 5.75 Å². The summed E-state index contributed by atoms with van der Waals surface area (Å²) in [5.74, 6) is 1.06. The minimum atomic E-state index is 0.452. The van der Waals surface area contributed by atoms with Crippen LogP contribution in [0.15, 0.2) is 47.1 Å². The van der Waals surface area contributed by atoms with Gasteiger partial charge in [-0.1, -0.05) is 37.6 Å². The van der Waals surface area contributed by atoms with E-state index in [2.05, 4.69) is 42.1 Å². The largest absolute Gasteiger partial charge is 0.250 e. The molecule has 0 aliphatic heterocycles. The number of hydrogen-bond donors (Lipinski definition) is 0. The summed E-state index contributed by atoms with van der Waals surface area (Å²) < 4.78 is 0. The van der Waals surface area contributed by atoms with E-state index in [0.717, 1.165) is 23.6 Å². The quantitative estimate of drug-likeness (QED) is 0.742. The van der Waals surface area contributed by atoms with Gasteiger partial charge in [0.1, 0.15) is 5.69 Å². The summed E-state index contributed by atoms with van der Waals surface area (Å²) in [5.41, 5.74) is 3.13. The maximum absolute atomic E-state index is 6.00. The molecule has 0 atom stereocenters. The van der Waals surface area contributed by atoms with Crippen molar-refractivity contribution in [1.82, 2.24) is 4.98 Å². The molecule has 0 spiro atoms. The lowest BCUT2D eigenvalue weighted by atomic mass is 10.1. The van der Waals surface area contributed by atoms with Gasteiger partial charge in [-0.15, -0.1) is 0 Å². The predicted molar refractivity (Wildman–Crippen MR) is 85.8 cm³/mol. The first-order valence-electron chi connectivity index (χ1n) is 6.32. The van der Waals surface area contributed by atoms with E-state index in [9.17, 15) is 0 Å². The average Bonchev–Trinajstić information content (AvgIpc) is 2.40. The van der Waals surface area contributed by atoms with E-state index in [4.69, 9.17) is 11.6 Å². The number of aliphatic imine (C=N–C) groups is 1. The molecule has 0 aromatic carbocycles. The zero-order valence-corrected chi connectivity index (χ0v) is 12.7. The van der Waals surface area contributed by atoms with Crippen molar-refractivity contribution in [2.45, 2.75) is 25.5 Å². The first-order chi connectivity index (χ1) is 9.15. The first-order valence-corrected chi connectivity index (χ1v) is 7.74. The molecule has 4 heteroatoms. The van der Waals surface area contributed by atoms with Crippen LogP contribution in [-0.2, 0) is 0 Å². The van der Waals surface area contributed by atoms with Crippen molar-refractivity contribution in [1.29, 1.82) is 0 Å². The molecule has 1 aliphatic rings. The summed E-state index contributed by atoms with van der Waals surface area (Å²) in [5, 5.41) is 1.12. The SMILES string of the molecule is CC(C)SCC1=CCC(=Nc2cccnc2Cl)C=C1. The number of pyridine rings is 1. The summed E-state index contributed by atoms with van der Waals surface area (Å²) in [6.07, 6.45) is 8.97. The second kappa shape index (κ2) is 6.92. The molecule has 2 nitrogen and oxygen atoms in total. The van der Waals surface area contributed by atoms with Crippen LogP contribution in [0.1, 0.15) is 20.3 Å². The van der Waals surface area contributed by atoms with Gasteiger partial charge in [0.2, 0.25) is 0 Å². The van der Waals surface area contributed by atoms with Crippen LogP contribution in [0.4, 0.5) is 5.69 Å². The summed E-state index contributed by atoms with van der Waals surface area (Å²) in [6.45, 7) is 4.43. The second-order valence-electron chi connectivity index (χ2n) is 4.59. The van der Waals surface area contributed by atoms with Crippen LogP contribution in [-0.4, -0.2) is 21.7 Å². The fourth-order valence-corrected chi connectivity index (χ4v) is 2.54. The Balaban J connectivity index is 2.00. The monoisotopic (exact) mass is 292 g/mol. The van der Waals surface area contributed by atoms with Crippen LogP contribution < -0.4 is 0 Å². The highest BCUT2D eigenvalue weighted by Gasteiger charge is 2.05. The van der Waals surface area contributed by atoms with Crippen molar-refractivity contribution in [3.05, 3.63) is 47.3 Å². The van der Waals surface area contributed by atoms with Crippen molar-refractivity contribution in [2.24, 2.45) is 4.99 Å². The number of allylic oxidation sites excluding steroid dienone is 3. The molecule has 0 amide bonds. The Morgan fingerprint density at radius 1 is 1.42 bits per heavy atom. The number of halogens is 1. The molecule has 0 saturated carbocycles. The zero-order chi connectivity index (χ0) is 13.7. The maximum atomic E-state index is 6.00. The van der Waals surface area contributed by atoms with Crippen LogP contribution in [0.2, 0.25) is 5.15 Å². The fraction of sp³-hybridized carbons (Fsp3) is 0.333. The lowest BCUT2D eigenvalue weighted by Crippen LogP contribution is -2.00. The van der Waals surface area contributed by atoms with Crippen LogP contribution in [0, 0.1) is 0 Å². The van der Waals surface area contributed by atoms with Crippen molar-refractivity contribution >= 4 is 34.8 Å². The Labute approximate surface area is 123 Å². The van der Waals surface area contributed by atoms with E-state index < -0.39 is 0 Å². The van der Waals surface area contributed by atoms with Crippen molar-refractivity contribution in [3.63, 3.8) is 0 Å². The molecule has 1 aliphatic carbocycles. The number of aromatic nitrogens is 1. The zero-order valence-electron chi connectivity index (χ0n) is 11.1. The van der Waals surface area contributed by atoms with Gasteiger partial charge in [0, 0.05) is 24.1 Å². The van der Waals surface area contributed by atoms with Gasteiger partial charge in [0.25, 0.3) is 0 Å². The molecule has 0 saturated heterocycles. The molecule has 0 unspecified atom stereocenters. The van der Waals surface area contributed by atoms with Gasteiger partial charge in [-0.25, -0.2) is 9.98 Å². The standard InChI is InChI=1S/C15H17ClN2S/c1-11(2)19-10-12-5-7-13(8-6-12)18-14-4-3-9-17-15(14)16/h3-7,9,11H,8,10H2,1-2H3. The Bertz CT molecular complexity index is 533. The molecule has 0 N–H and O–H groups in total. The average molecular weight is 293 g/mol. The van der Waals surface area contributed by atoms with Crippen LogP contribution >= 0.6 is 23.4 Å². The van der Waals surface area contributed by atoms with E-state index in [1.54, 1.807) is 6.20 Å². The van der Waals surface area contributed by atoms with Gasteiger partial charge in [-0.2, -0.15) is 11.8 Å². The molecule has 1 heterocycles. The minimum absolute atomic E-state index is 0.452. The lowest BCUT2D eigenvalue weighted by Gasteiger charge is -2.10. The summed E-state index contributed by atoms with van der Waals surface area (Å²) in [7, 11) is 0. The second-order valence-corrected chi connectivity index (χ2v) is 6.52. The highest BCUT2D eigenvalue weighted by Crippen LogP contribution is 2.23. The number of rotatable bonds is 4. The highest BCUT2D eigenvalue weighted by molar-refractivity contribution is 8.00. The number of thioether (sulfide) groups is 1. The summed E-state index contributed by atoms with van der Waals surface area (Å²) in [6, 6.07) is 3.72. The molecule has 2 rings (SSSR count). The van der Waals surface area contributed by atoms with Gasteiger partial charge >= 0.3 is 0 Å².